The lowest BCUT2D eigenvalue weighted by molar-refractivity contribution is -0.0975. The van der Waals surface area contributed by atoms with Gasteiger partial charge in [-0.25, -0.2) is 0 Å². The Morgan fingerprint density at radius 2 is 1.75 bits per heavy atom. The summed E-state index contributed by atoms with van der Waals surface area (Å²) in [6.07, 6.45) is 6.82. The summed E-state index contributed by atoms with van der Waals surface area (Å²) in [5, 5.41) is 0. The molecule has 3 heteroatoms. The van der Waals surface area contributed by atoms with E-state index in [0.29, 0.717) is 19.8 Å². The first kappa shape index (κ1) is 14.1. The molecule has 2 aliphatic rings. The van der Waals surface area contributed by atoms with Gasteiger partial charge in [0.15, 0.2) is 0 Å². The summed E-state index contributed by atoms with van der Waals surface area (Å²) in [6, 6.07) is 8.78. The Balaban J connectivity index is 1.65. The zero-order valence-corrected chi connectivity index (χ0v) is 12.1. The van der Waals surface area contributed by atoms with Gasteiger partial charge in [0.05, 0.1) is 25.9 Å². The van der Waals surface area contributed by atoms with Crippen molar-refractivity contribution in [2.75, 3.05) is 19.8 Å². The summed E-state index contributed by atoms with van der Waals surface area (Å²) in [7, 11) is 0. The Morgan fingerprint density at radius 1 is 1.00 bits per heavy atom. The molecule has 3 rings (SSSR count). The molecule has 1 aliphatic carbocycles. The highest BCUT2D eigenvalue weighted by atomic mass is 16.6. The molecule has 0 radical (unpaired) electrons. The zero-order chi connectivity index (χ0) is 13.8. The third-order valence-corrected chi connectivity index (χ3v) is 4.64. The Hall–Kier alpha value is -0.900. The molecule has 1 aromatic carbocycles. The zero-order valence-electron chi connectivity index (χ0n) is 12.1. The Labute approximate surface area is 121 Å². The molecule has 1 heterocycles. The van der Waals surface area contributed by atoms with Crippen molar-refractivity contribution in [2.24, 2.45) is 5.73 Å². The molecule has 3 nitrogen and oxygen atoms in total. The highest BCUT2D eigenvalue weighted by Crippen LogP contribution is 2.33. The van der Waals surface area contributed by atoms with Crippen LogP contribution < -0.4 is 5.73 Å². The van der Waals surface area contributed by atoms with Gasteiger partial charge in [0, 0.05) is 0 Å². The molecule has 2 atom stereocenters. The van der Waals surface area contributed by atoms with Gasteiger partial charge in [-0.3, -0.25) is 0 Å². The fourth-order valence-electron chi connectivity index (χ4n) is 3.35. The first-order valence-electron chi connectivity index (χ1n) is 7.89. The van der Waals surface area contributed by atoms with Crippen LogP contribution in [0.25, 0.3) is 0 Å². The molecule has 1 saturated carbocycles. The molecule has 110 valence electrons. The Kier molecular flexibility index (Phi) is 4.71. The van der Waals surface area contributed by atoms with Crippen LogP contribution >= 0.6 is 0 Å². The third kappa shape index (κ3) is 3.22. The molecule has 0 aromatic heterocycles. The van der Waals surface area contributed by atoms with Gasteiger partial charge in [-0.1, -0.05) is 43.5 Å². The van der Waals surface area contributed by atoms with Crippen molar-refractivity contribution in [1.82, 2.24) is 0 Å². The quantitative estimate of drug-likeness (QED) is 0.921. The molecule has 1 saturated heterocycles. The van der Waals surface area contributed by atoms with E-state index in [1.165, 1.54) is 37.7 Å². The van der Waals surface area contributed by atoms with Gasteiger partial charge in [-0.2, -0.15) is 0 Å². The molecule has 20 heavy (non-hydrogen) atoms. The van der Waals surface area contributed by atoms with Crippen LogP contribution in [0.4, 0.5) is 0 Å². The predicted molar refractivity (Wildman–Crippen MR) is 79.8 cm³/mol. The molecular weight excluding hydrogens is 250 g/mol. The molecule has 0 spiro atoms. The number of rotatable bonds is 3. The van der Waals surface area contributed by atoms with Gasteiger partial charge < -0.3 is 15.2 Å². The monoisotopic (exact) mass is 275 g/mol. The van der Waals surface area contributed by atoms with Gasteiger partial charge >= 0.3 is 0 Å². The SMILES string of the molecule is NC(c1ccc(C2CCCCC2)cc1)C1COCCO1. The lowest BCUT2D eigenvalue weighted by Crippen LogP contribution is -2.37. The first-order valence-corrected chi connectivity index (χ1v) is 7.89. The second kappa shape index (κ2) is 6.70. The van der Waals surface area contributed by atoms with Crippen LogP contribution in [0.3, 0.4) is 0 Å². The van der Waals surface area contributed by atoms with Gasteiger partial charge in [0.1, 0.15) is 6.10 Å². The van der Waals surface area contributed by atoms with E-state index in [1.807, 2.05) is 0 Å². The first-order chi connectivity index (χ1) is 9.84. The third-order valence-electron chi connectivity index (χ3n) is 4.64. The van der Waals surface area contributed by atoms with Crippen molar-refractivity contribution >= 4 is 0 Å². The minimum Gasteiger partial charge on any atom is -0.376 e. The molecule has 1 aliphatic heterocycles. The van der Waals surface area contributed by atoms with Crippen LogP contribution in [0, 0.1) is 0 Å². The van der Waals surface area contributed by atoms with Crippen LogP contribution in [0.15, 0.2) is 24.3 Å². The van der Waals surface area contributed by atoms with Crippen molar-refractivity contribution in [2.45, 2.75) is 50.2 Å². The van der Waals surface area contributed by atoms with E-state index in [1.54, 1.807) is 0 Å². The smallest absolute Gasteiger partial charge is 0.100 e. The van der Waals surface area contributed by atoms with Gasteiger partial charge in [0.25, 0.3) is 0 Å². The Morgan fingerprint density at radius 3 is 2.40 bits per heavy atom. The average Bonchev–Trinajstić information content (AvgIpc) is 2.56. The van der Waals surface area contributed by atoms with Crippen molar-refractivity contribution in [3.63, 3.8) is 0 Å². The predicted octanol–water partition coefficient (Wildman–Crippen LogP) is 3.15. The van der Waals surface area contributed by atoms with Crippen molar-refractivity contribution < 1.29 is 9.47 Å². The summed E-state index contributed by atoms with van der Waals surface area (Å²) in [5.41, 5.74) is 8.92. The number of nitrogens with two attached hydrogens (primary N) is 1. The summed E-state index contributed by atoms with van der Waals surface area (Å²) in [5.74, 6) is 0.753. The molecule has 2 N–H and O–H groups in total. The number of hydrogen-bond donors (Lipinski definition) is 1. The van der Waals surface area contributed by atoms with Gasteiger partial charge in [-0.05, 0) is 29.9 Å². The maximum Gasteiger partial charge on any atom is 0.100 e. The van der Waals surface area contributed by atoms with Crippen LogP contribution in [0.5, 0.6) is 0 Å². The number of ether oxygens (including phenoxy) is 2. The van der Waals surface area contributed by atoms with Crippen LogP contribution in [0.2, 0.25) is 0 Å². The van der Waals surface area contributed by atoms with Crippen molar-refractivity contribution in [1.29, 1.82) is 0 Å². The second-order valence-corrected chi connectivity index (χ2v) is 6.01. The van der Waals surface area contributed by atoms with E-state index >= 15 is 0 Å². The van der Waals surface area contributed by atoms with E-state index in [2.05, 4.69) is 24.3 Å². The normalized spacial score (nSPS) is 26.4. The van der Waals surface area contributed by atoms with E-state index < -0.39 is 0 Å². The summed E-state index contributed by atoms with van der Waals surface area (Å²) >= 11 is 0. The minimum absolute atomic E-state index is 0.00993. The maximum absolute atomic E-state index is 6.29. The maximum atomic E-state index is 6.29. The lowest BCUT2D eigenvalue weighted by atomic mass is 9.83. The van der Waals surface area contributed by atoms with Gasteiger partial charge in [0.2, 0.25) is 0 Å². The highest BCUT2D eigenvalue weighted by Gasteiger charge is 2.23. The van der Waals surface area contributed by atoms with Crippen molar-refractivity contribution in [3.8, 4) is 0 Å². The van der Waals surface area contributed by atoms with Crippen molar-refractivity contribution in [3.05, 3.63) is 35.4 Å². The largest absolute Gasteiger partial charge is 0.376 e. The average molecular weight is 275 g/mol. The highest BCUT2D eigenvalue weighted by molar-refractivity contribution is 5.28. The van der Waals surface area contributed by atoms with E-state index in [9.17, 15) is 0 Å². The van der Waals surface area contributed by atoms with Gasteiger partial charge in [-0.15, -0.1) is 0 Å². The fraction of sp³-hybridized carbons (Fsp3) is 0.647. The minimum atomic E-state index is -0.0873. The molecular formula is C17H25NO2. The number of hydrogen-bond acceptors (Lipinski definition) is 3. The standard InChI is InChI=1S/C17H25NO2/c18-17(16-12-19-10-11-20-16)15-8-6-14(7-9-15)13-4-2-1-3-5-13/h6-9,13,16-17H,1-5,10-12,18H2. The molecule has 0 amide bonds. The number of benzene rings is 1. The molecule has 2 fully saturated rings. The van der Waals surface area contributed by atoms with Crippen LogP contribution in [-0.2, 0) is 9.47 Å². The van der Waals surface area contributed by atoms with E-state index in [0.717, 1.165) is 11.5 Å². The topological polar surface area (TPSA) is 44.5 Å². The fourth-order valence-corrected chi connectivity index (χ4v) is 3.35. The summed E-state index contributed by atoms with van der Waals surface area (Å²) in [6.45, 7) is 1.94. The van der Waals surface area contributed by atoms with E-state index in [-0.39, 0.29) is 12.1 Å². The Bertz CT molecular complexity index is 406. The summed E-state index contributed by atoms with van der Waals surface area (Å²) < 4.78 is 11.1. The molecule has 1 aromatic rings. The lowest BCUT2D eigenvalue weighted by Gasteiger charge is -2.28. The van der Waals surface area contributed by atoms with Crippen LogP contribution in [-0.4, -0.2) is 25.9 Å². The second-order valence-electron chi connectivity index (χ2n) is 6.01. The van der Waals surface area contributed by atoms with E-state index in [4.69, 9.17) is 15.2 Å². The van der Waals surface area contributed by atoms with Crippen LogP contribution in [0.1, 0.15) is 55.2 Å². The summed E-state index contributed by atoms with van der Waals surface area (Å²) in [4.78, 5) is 0. The molecule has 0 bridgehead atoms. The molecule has 2 unspecified atom stereocenters.